The van der Waals surface area contributed by atoms with Crippen LogP contribution in [0.2, 0.25) is 0 Å². The van der Waals surface area contributed by atoms with Gasteiger partial charge in [0.1, 0.15) is 6.10 Å². The summed E-state index contributed by atoms with van der Waals surface area (Å²) in [6.45, 7) is 4.03. The van der Waals surface area contributed by atoms with Crippen molar-refractivity contribution in [1.82, 2.24) is 0 Å². The number of carbonyl (C=O) groups is 2. The van der Waals surface area contributed by atoms with Crippen LogP contribution in [-0.2, 0) is 19.1 Å². The zero-order chi connectivity index (χ0) is 19.2. The van der Waals surface area contributed by atoms with Gasteiger partial charge in [0, 0.05) is 12.3 Å². The lowest BCUT2D eigenvalue weighted by Crippen LogP contribution is -2.36. The van der Waals surface area contributed by atoms with E-state index in [1.165, 1.54) is 0 Å². The first-order valence-electron chi connectivity index (χ1n) is 9.86. The Morgan fingerprint density at radius 1 is 1.38 bits per heavy atom. The van der Waals surface area contributed by atoms with E-state index in [1.54, 1.807) is 12.2 Å². The highest BCUT2D eigenvalue weighted by Crippen LogP contribution is 2.50. The maximum atomic E-state index is 15.5. The minimum atomic E-state index is -2.18. The second-order valence-electron chi connectivity index (χ2n) is 7.44. The molecule has 0 aromatic rings. The van der Waals surface area contributed by atoms with Gasteiger partial charge in [-0.1, -0.05) is 51.7 Å². The van der Waals surface area contributed by atoms with E-state index < -0.39 is 29.9 Å². The molecule has 0 amide bonds. The third kappa shape index (κ3) is 5.29. The van der Waals surface area contributed by atoms with Gasteiger partial charge in [0.2, 0.25) is 0 Å². The average Bonchev–Trinajstić information content (AvgIpc) is 3.03. The number of unbranched alkanes of at least 4 members (excludes halogenated alkanes) is 3. The van der Waals surface area contributed by atoms with Crippen LogP contribution in [0, 0.1) is 11.8 Å². The lowest BCUT2D eigenvalue weighted by molar-refractivity contribution is -0.191. The van der Waals surface area contributed by atoms with Crippen LogP contribution in [0.1, 0.15) is 71.6 Å². The van der Waals surface area contributed by atoms with Gasteiger partial charge >= 0.3 is 11.9 Å². The summed E-state index contributed by atoms with van der Waals surface area (Å²) in [7, 11) is 0. The van der Waals surface area contributed by atoms with Crippen LogP contribution >= 0.6 is 0 Å². The maximum absolute atomic E-state index is 15.5. The molecule has 1 saturated carbocycles. The van der Waals surface area contributed by atoms with Crippen molar-refractivity contribution in [2.45, 2.75) is 89.7 Å². The Hall–Kier alpha value is -1.43. The Labute approximate surface area is 154 Å². The van der Waals surface area contributed by atoms with Crippen LogP contribution in [0.3, 0.4) is 0 Å². The molecular weight excluding hydrogens is 339 g/mol. The third-order valence-corrected chi connectivity index (χ3v) is 5.26. The van der Waals surface area contributed by atoms with Crippen LogP contribution in [0.25, 0.3) is 0 Å². The molecule has 0 spiro atoms. The number of fused-ring (bicyclic) bond motifs is 1. The average molecular weight is 370 g/mol. The van der Waals surface area contributed by atoms with E-state index in [9.17, 15) is 14.7 Å². The number of aliphatic hydroxyl groups is 1. The second kappa shape index (κ2) is 9.49. The lowest BCUT2D eigenvalue weighted by atomic mass is 9.90. The summed E-state index contributed by atoms with van der Waals surface area (Å²) in [4.78, 5) is 23.5. The Morgan fingerprint density at radius 3 is 2.81 bits per heavy atom. The molecule has 6 heteroatoms. The quantitative estimate of drug-likeness (QED) is 0.359. The summed E-state index contributed by atoms with van der Waals surface area (Å²) in [6, 6.07) is 0. The summed E-state index contributed by atoms with van der Waals surface area (Å²) in [5.74, 6) is -4.22. The number of aliphatic hydroxyl groups excluding tert-OH is 1. The summed E-state index contributed by atoms with van der Waals surface area (Å²) < 4.78 is 25.9. The van der Waals surface area contributed by atoms with Crippen molar-refractivity contribution in [1.29, 1.82) is 0 Å². The zero-order valence-electron chi connectivity index (χ0n) is 15.8. The first kappa shape index (κ1) is 20.9. The number of alkyl halides is 1. The normalized spacial score (nSPS) is 31.8. The van der Waals surface area contributed by atoms with E-state index in [-0.39, 0.29) is 31.1 Å². The highest BCUT2D eigenvalue weighted by molar-refractivity contribution is 5.73. The van der Waals surface area contributed by atoms with E-state index in [4.69, 9.17) is 9.47 Å². The van der Waals surface area contributed by atoms with Crippen molar-refractivity contribution < 1.29 is 28.6 Å². The summed E-state index contributed by atoms with van der Waals surface area (Å²) in [5, 5.41) is 10.1. The maximum Gasteiger partial charge on any atom is 0.308 e. The van der Waals surface area contributed by atoms with Gasteiger partial charge < -0.3 is 14.6 Å². The molecule has 0 aromatic heterocycles. The second-order valence-corrected chi connectivity index (χ2v) is 7.44. The van der Waals surface area contributed by atoms with E-state index in [0.29, 0.717) is 12.8 Å². The van der Waals surface area contributed by atoms with Gasteiger partial charge in [-0.25, -0.2) is 0 Å². The summed E-state index contributed by atoms with van der Waals surface area (Å²) in [5.41, 5.74) is 0. The van der Waals surface area contributed by atoms with Crippen LogP contribution in [0.4, 0.5) is 4.39 Å². The molecule has 0 radical (unpaired) electrons. The molecular formula is C20H31FO5. The zero-order valence-corrected chi connectivity index (χ0v) is 15.8. The SMILES string of the molecule is CCCCCC(O)C=CC1C2CC(=O)OC2CC1(F)OC(=O)CCCC. The number of hydrogen-bond acceptors (Lipinski definition) is 5. The summed E-state index contributed by atoms with van der Waals surface area (Å²) >= 11 is 0. The fourth-order valence-corrected chi connectivity index (χ4v) is 3.81. The van der Waals surface area contributed by atoms with Crippen molar-refractivity contribution in [2.75, 3.05) is 0 Å². The predicted octanol–water partition coefficient (Wildman–Crippen LogP) is 3.83. The molecule has 2 fully saturated rings. The Bertz CT molecular complexity index is 520. The molecule has 2 rings (SSSR count). The number of carbonyl (C=O) groups excluding carboxylic acids is 2. The minimum Gasteiger partial charge on any atom is -0.462 e. The molecule has 5 nitrogen and oxygen atoms in total. The van der Waals surface area contributed by atoms with Gasteiger partial charge in [0.25, 0.3) is 5.85 Å². The third-order valence-electron chi connectivity index (χ3n) is 5.26. The largest absolute Gasteiger partial charge is 0.462 e. The Kier molecular flexibility index (Phi) is 7.62. The molecule has 26 heavy (non-hydrogen) atoms. The topological polar surface area (TPSA) is 72.8 Å². The molecule has 1 aliphatic carbocycles. The van der Waals surface area contributed by atoms with E-state index in [0.717, 1.165) is 25.7 Å². The first-order chi connectivity index (χ1) is 12.4. The van der Waals surface area contributed by atoms with Crippen LogP contribution in [0.5, 0.6) is 0 Å². The molecule has 1 saturated heterocycles. The van der Waals surface area contributed by atoms with Gasteiger partial charge in [-0.3, -0.25) is 9.59 Å². The van der Waals surface area contributed by atoms with Gasteiger partial charge in [-0.05, 0) is 12.8 Å². The van der Waals surface area contributed by atoms with E-state index >= 15 is 4.39 Å². The molecule has 5 atom stereocenters. The molecule has 148 valence electrons. The van der Waals surface area contributed by atoms with E-state index in [2.05, 4.69) is 6.92 Å². The molecule has 0 bridgehead atoms. The van der Waals surface area contributed by atoms with Crippen LogP contribution in [-0.4, -0.2) is 35.1 Å². The highest BCUT2D eigenvalue weighted by Gasteiger charge is 2.60. The highest BCUT2D eigenvalue weighted by atomic mass is 19.2. The van der Waals surface area contributed by atoms with E-state index in [1.807, 2.05) is 6.92 Å². The van der Waals surface area contributed by atoms with Crippen molar-refractivity contribution in [2.24, 2.45) is 11.8 Å². The molecule has 0 aromatic carbocycles. The van der Waals surface area contributed by atoms with Crippen molar-refractivity contribution in [3.8, 4) is 0 Å². The number of rotatable bonds is 10. The smallest absolute Gasteiger partial charge is 0.308 e. The Morgan fingerprint density at radius 2 is 2.12 bits per heavy atom. The fraction of sp³-hybridized carbons (Fsp3) is 0.800. The minimum absolute atomic E-state index is 0.115. The van der Waals surface area contributed by atoms with Gasteiger partial charge in [0.05, 0.1) is 24.9 Å². The monoisotopic (exact) mass is 370 g/mol. The number of halogens is 1. The predicted molar refractivity (Wildman–Crippen MR) is 94.8 cm³/mol. The molecule has 5 unspecified atom stereocenters. The van der Waals surface area contributed by atoms with Crippen molar-refractivity contribution >= 4 is 11.9 Å². The van der Waals surface area contributed by atoms with Crippen molar-refractivity contribution in [3.63, 3.8) is 0 Å². The van der Waals surface area contributed by atoms with Crippen LogP contribution in [0.15, 0.2) is 12.2 Å². The molecule has 1 aliphatic heterocycles. The first-order valence-corrected chi connectivity index (χ1v) is 9.86. The van der Waals surface area contributed by atoms with Crippen LogP contribution < -0.4 is 0 Å². The van der Waals surface area contributed by atoms with Gasteiger partial charge in [-0.15, -0.1) is 0 Å². The fourth-order valence-electron chi connectivity index (χ4n) is 3.81. The molecule has 1 N–H and O–H groups in total. The number of esters is 2. The molecule has 2 aliphatic rings. The van der Waals surface area contributed by atoms with Gasteiger partial charge in [0.15, 0.2) is 0 Å². The number of hydrogen-bond donors (Lipinski definition) is 1. The van der Waals surface area contributed by atoms with Crippen molar-refractivity contribution in [3.05, 3.63) is 12.2 Å². The lowest BCUT2D eigenvalue weighted by Gasteiger charge is -2.27. The molecule has 1 heterocycles. The number of ether oxygens (including phenoxy) is 2. The Balaban J connectivity index is 2.05. The van der Waals surface area contributed by atoms with Gasteiger partial charge in [-0.2, -0.15) is 4.39 Å². The standard InChI is InChI=1S/C20H31FO5/c1-3-5-7-8-14(22)10-11-16-15-12-19(24)25-17(15)13-20(16,21)26-18(23)9-6-4-2/h10-11,14-17,22H,3-9,12-13H2,1-2H3. The summed E-state index contributed by atoms with van der Waals surface area (Å²) in [6.07, 6.45) is 7.13.